The van der Waals surface area contributed by atoms with E-state index < -0.39 is 0 Å². The Kier molecular flexibility index (Phi) is 4.19. The molecule has 1 N–H and O–H groups in total. The van der Waals surface area contributed by atoms with E-state index in [1.54, 1.807) is 11.1 Å². The first-order valence-corrected chi connectivity index (χ1v) is 7.87. The van der Waals surface area contributed by atoms with Crippen LogP contribution in [0.2, 0.25) is 0 Å². The third-order valence-corrected chi connectivity index (χ3v) is 4.89. The molecule has 1 aromatic carbocycles. The maximum absolute atomic E-state index is 3.52. The molecule has 1 aromatic rings. The molecule has 19 heavy (non-hydrogen) atoms. The summed E-state index contributed by atoms with van der Waals surface area (Å²) in [6.45, 7) is 7.18. The van der Waals surface area contributed by atoms with E-state index in [1.165, 1.54) is 45.3 Å². The Morgan fingerprint density at radius 3 is 3.05 bits per heavy atom. The molecule has 1 saturated heterocycles. The fourth-order valence-corrected chi connectivity index (χ4v) is 3.66. The first kappa shape index (κ1) is 13.1. The topological polar surface area (TPSA) is 15.3 Å². The van der Waals surface area contributed by atoms with E-state index in [9.17, 15) is 0 Å². The second-order valence-corrected chi connectivity index (χ2v) is 6.17. The number of nitrogens with one attached hydrogen (secondary N) is 1. The SMILES string of the molecule is CC1CCNCCN1CC1CCCc2ccccc21. The molecule has 1 heterocycles. The van der Waals surface area contributed by atoms with Gasteiger partial charge in [0.25, 0.3) is 0 Å². The van der Waals surface area contributed by atoms with Crippen LogP contribution < -0.4 is 5.32 Å². The van der Waals surface area contributed by atoms with Crippen molar-refractivity contribution < 1.29 is 0 Å². The highest BCUT2D eigenvalue weighted by Gasteiger charge is 2.24. The zero-order chi connectivity index (χ0) is 13.1. The van der Waals surface area contributed by atoms with E-state index in [-0.39, 0.29) is 0 Å². The summed E-state index contributed by atoms with van der Waals surface area (Å²) in [5.74, 6) is 0.755. The molecule has 0 aromatic heterocycles. The van der Waals surface area contributed by atoms with E-state index >= 15 is 0 Å². The van der Waals surface area contributed by atoms with Crippen LogP contribution in [0.3, 0.4) is 0 Å². The van der Waals surface area contributed by atoms with Gasteiger partial charge in [-0.1, -0.05) is 24.3 Å². The second-order valence-electron chi connectivity index (χ2n) is 6.17. The standard InChI is InChI=1S/C17H26N2/c1-14-9-10-18-11-12-19(14)13-16-7-4-6-15-5-2-3-8-17(15)16/h2-3,5,8,14,16,18H,4,6-7,9-13H2,1H3. The molecule has 0 saturated carbocycles. The number of fused-ring (bicyclic) bond motifs is 1. The van der Waals surface area contributed by atoms with Crippen molar-refractivity contribution in [3.05, 3.63) is 35.4 Å². The highest BCUT2D eigenvalue weighted by Crippen LogP contribution is 2.32. The first-order chi connectivity index (χ1) is 9.34. The number of nitrogens with zero attached hydrogens (tertiary/aromatic N) is 1. The predicted octanol–water partition coefficient (Wildman–Crippen LogP) is 2.79. The Morgan fingerprint density at radius 1 is 1.21 bits per heavy atom. The Bertz CT molecular complexity index is 415. The smallest absolute Gasteiger partial charge is 0.0110 e. The van der Waals surface area contributed by atoms with Gasteiger partial charge in [-0.2, -0.15) is 0 Å². The van der Waals surface area contributed by atoms with Crippen LogP contribution in [0.25, 0.3) is 0 Å². The summed E-state index contributed by atoms with van der Waals surface area (Å²) >= 11 is 0. The van der Waals surface area contributed by atoms with Gasteiger partial charge in [0, 0.05) is 25.7 Å². The van der Waals surface area contributed by atoms with Crippen LogP contribution in [-0.4, -0.2) is 37.1 Å². The Hall–Kier alpha value is -0.860. The van der Waals surface area contributed by atoms with Crippen LogP contribution in [0.4, 0.5) is 0 Å². The summed E-state index contributed by atoms with van der Waals surface area (Å²) < 4.78 is 0. The second kappa shape index (κ2) is 6.06. The number of benzene rings is 1. The predicted molar refractivity (Wildman–Crippen MR) is 80.6 cm³/mol. The highest BCUT2D eigenvalue weighted by atomic mass is 15.2. The van der Waals surface area contributed by atoms with Gasteiger partial charge in [-0.05, 0) is 56.2 Å². The van der Waals surface area contributed by atoms with E-state index in [1.807, 2.05) is 0 Å². The Labute approximate surface area is 117 Å². The highest BCUT2D eigenvalue weighted by molar-refractivity contribution is 5.32. The summed E-state index contributed by atoms with van der Waals surface area (Å²) in [5, 5.41) is 3.52. The van der Waals surface area contributed by atoms with Gasteiger partial charge in [0.1, 0.15) is 0 Å². The summed E-state index contributed by atoms with van der Waals surface area (Å²) in [5.41, 5.74) is 3.22. The van der Waals surface area contributed by atoms with E-state index in [4.69, 9.17) is 0 Å². The van der Waals surface area contributed by atoms with Crippen LogP contribution >= 0.6 is 0 Å². The number of rotatable bonds is 2. The molecule has 1 aliphatic heterocycles. The molecule has 2 unspecified atom stereocenters. The maximum Gasteiger partial charge on any atom is 0.0110 e. The molecule has 2 aliphatic rings. The molecule has 1 fully saturated rings. The zero-order valence-corrected chi connectivity index (χ0v) is 12.1. The monoisotopic (exact) mass is 258 g/mol. The van der Waals surface area contributed by atoms with Gasteiger partial charge in [0.2, 0.25) is 0 Å². The van der Waals surface area contributed by atoms with Crippen molar-refractivity contribution in [2.75, 3.05) is 26.2 Å². The average Bonchev–Trinajstić information content (AvgIpc) is 2.65. The van der Waals surface area contributed by atoms with Crippen molar-refractivity contribution in [2.24, 2.45) is 0 Å². The van der Waals surface area contributed by atoms with Crippen LogP contribution in [0, 0.1) is 0 Å². The van der Waals surface area contributed by atoms with Crippen molar-refractivity contribution >= 4 is 0 Å². The third kappa shape index (κ3) is 3.01. The van der Waals surface area contributed by atoms with Crippen molar-refractivity contribution in [3.63, 3.8) is 0 Å². The van der Waals surface area contributed by atoms with Crippen LogP contribution in [-0.2, 0) is 6.42 Å². The minimum atomic E-state index is 0.726. The van der Waals surface area contributed by atoms with Gasteiger partial charge >= 0.3 is 0 Å². The van der Waals surface area contributed by atoms with Gasteiger partial charge in [-0.3, -0.25) is 4.90 Å². The molecule has 104 valence electrons. The van der Waals surface area contributed by atoms with Crippen molar-refractivity contribution in [2.45, 2.75) is 44.6 Å². The van der Waals surface area contributed by atoms with E-state index in [0.29, 0.717) is 0 Å². The third-order valence-electron chi connectivity index (χ3n) is 4.89. The number of aryl methyl sites for hydroxylation is 1. The largest absolute Gasteiger partial charge is 0.315 e. The van der Waals surface area contributed by atoms with Crippen molar-refractivity contribution in [1.29, 1.82) is 0 Å². The van der Waals surface area contributed by atoms with Gasteiger partial charge in [0.05, 0.1) is 0 Å². The molecular weight excluding hydrogens is 232 g/mol. The molecule has 2 heteroatoms. The molecular formula is C17H26N2. The van der Waals surface area contributed by atoms with Gasteiger partial charge in [0.15, 0.2) is 0 Å². The van der Waals surface area contributed by atoms with E-state index in [2.05, 4.69) is 41.4 Å². The van der Waals surface area contributed by atoms with E-state index in [0.717, 1.165) is 18.5 Å². The fourth-order valence-electron chi connectivity index (χ4n) is 3.66. The Morgan fingerprint density at radius 2 is 2.11 bits per heavy atom. The zero-order valence-electron chi connectivity index (χ0n) is 12.1. The minimum absolute atomic E-state index is 0.726. The molecule has 3 rings (SSSR count). The summed E-state index contributed by atoms with van der Waals surface area (Å²) in [4.78, 5) is 2.70. The van der Waals surface area contributed by atoms with Crippen molar-refractivity contribution in [3.8, 4) is 0 Å². The number of hydrogen-bond acceptors (Lipinski definition) is 2. The summed E-state index contributed by atoms with van der Waals surface area (Å²) in [7, 11) is 0. The summed E-state index contributed by atoms with van der Waals surface area (Å²) in [6, 6.07) is 9.82. The normalized spacial score (nSPS) is 28.7. The fraction of sp³-hybridized carbons (Fsp3) is 0.647. The maximum atomic E-state index is 3.52. The lowest BCUT2D eigenvalue weighted by Gasteiger charge is -2.33. The molecule has 0 bridgehead atoms. The molecule has 2 nitrogen and oxygen atoms in total. The van der Waals surface area contributed by atoms with Crippen LogP contribution in [0.1, 0.15) is 43.2 Å². The minimum Gasteiger partial charge on any atom is -0.315 e. The lowest BCUT2D eigenvalue weighted by Crippen LogP contribution is -2.38. The lowest BCUT2D eigenvalue weighted by molar-refractivity contribution is 0.200. The molecule has 1 aliphatic carbocycles. The Balaban J connectivity index is 1.73. The average molecular weight is 258 g/mol. The van der Waals surface area contributed by atoms with Gasteiger partial charge in [-0.25, -0.2) is 0 Å². The van der Waals surface area contributed by atoms with Crippen LogP contribution in [0.5, 0.6) is 0 Å². The van der Waals surface area contributed by atoms with Crippen molar-refractivity contribution in [1.82, 2.24) is 10.2 Å². The first-order valence-electron chi connectivity index (χ1n) is 7.87. The molecule has 0 amide bonds. The number of hydrogen-bond donors (Lipinski definition) is 1. The molecule has 0 spiro atoms. The van der Waals surface area contributed by atoms with Gasteiger partial charge < -0.3 is 5.32 Å². The van der Waals surface area contributed by atoms with Crippen LogP contribution in [0.15, 0.2) is 24.3 Å². The molecule has 2 atom stereocenters. The molecule has 0 radical (unpaired) electrons. The van der Waals surface area contributed by atoms with Gasteiger partial charge in [-0.15, -0.1) is 0 Å². The quantitative estimate of drug-likeness (QED) is 0.877. The summed E-state index contributed by atoms with van der Waals surface area (Å²) in [6.07, 6.45) is 5.30. The lowest BCUT2D eigenvalue weighted by atomic mass is 9.82.